The summed E-state index contributed by atoms with van der Waals surface area (Å²) in [5, 5.41) is 14.6. The summed E-state index contributed by atoms with van der Waals surface area (Å²) in [5.41, 5.74) is 0.333. The van der Waals surface area contributed by atoms with Crippen LogP contribution in [-0.2, 0) is 0 Å². The number of aromatic hydroxyl groups is 1. The van der Waals surface area contributed by atoms with Gasteiger partial charge in [-0.1, -0.05) is 17.9 Å². The summed E-state index contributed by atoms with van der Waals surface area (Å²) in [6.07, 6.45) is 8.83. The number of amidine groups is 1. The van der Waals surface area contributed by atoms with Crippen LogP contribution in [0.15, 0.2) is 64.5 Å². The summed E-state index contributed by atoms with van der Waals surface area (Å²) in [4.78, 5) is 8.04. The second-order valence-electron chi connectivity index (χ2n) is 4.55. The Kier molecular flexibility index (Phi) is 6.74. The number of rotatable bonds is 1. The normalized spacial score (nSPS) is 13.7. The molecule has 1 aromatic heterocycles. The van der Waals surface area contributed by atoms with Crippen molar-refractivity contribution < 1.29 is 9.50 Å². The molecule has 0 saturated heterocycles. The summed E-state index contributed by atoms with van der Waals surface area (Å²) < 4.78 is 13.9. The Hall–Kier alpha value is -2.91. The van der Waals surface area contributed by atoms with Crippen LogP contribution in [0.2, 0.25) is 0 Å². The minimum Gasteiger partial charge on any atom is -0.508 e. The predicted molar refractivity (Wildman–Crippen MR) is 96.6 cm³/mol. The zero-order valence-electron chi connectivity index (χ0n) is 13.0. The van der Waals surface area contributed by atoms with E-state index in [-0.39, 0.29) is 5.75 Å². The Balaban J connectivity index is 2.17. The van der Waals surface area contributed by atoms with Crippen LogP contribution in [-0.4, -0.2) is 23.0 Å². The van der Waals surface area contributed by atoms with Crippen LogP contribution in [0.25, 0.3) is 6.08 Å². The van der Waals surface area contributed by atoms with Gasteiger partial charge in [-0.15, -0.1) is 11.3 Å². The molecule has 0 spiro atoms. The highest BCUT2D eigenvalue weighted by molar-refractivity contribution is 7.10. The first kappa shape index (κ1) is 17.4. The van der Waals surface area contributed by atoms with Crippen LogP contribution in [0, 0.1) is 11.8 Å². The number of nitrogens with zero attached hydrogens (tertiary/aromatic N) is 2. The van der Waals surface area contributed by atoms with Crippen molar-refractivity contribution >= 4 is 23.2 Å². The first-order chi connectivity index (χ1) is 11.7. The summed E-state index contributed by atoms with van der Waals surface area (Å²) in [6, 6.07) is 4.76. The summed E-state index contributed by atoms with van der Waals surface area (Å²) in [5.74, 6) is 5.62. The van der Waals surface area contributed by atoms with E-state index in [1.807, 2.05) is 6.08 Å². The first-order valence-corrected chi connectivity index (χ1v) is 8.03. The average Bonchev–Trinajstić information content (AvgIpc) is 2.68. The van der Waals surface area contributed by atoms with Crippen LogP contribution in [0.1, 0.15) is 11.4 Å². The molecule has 0 saturated carbocycles. The maximum atomic E-state index is 13.9. The van der Waals surface area contributed by atoms with Crippen molar-refractivity contribution in [2.75, 3.05) is 7.05 Å². The topological polar surface area (TPSA) is 57.5 Å². The minimum atomic E-state index is -0.577. The molecule has 2 rings (SSSR count). The van der Waals surface area contributed by atoms with Gasteiger partial charge in [-0.05, 0) is 41.8 Å². The second kappa shape index (κ2) is 9.28. The lowest BCUT2D eigenvalue weighted by atomic mass is 10.2. The summed E-state index contributed by atoms with van der Waals surface area (Å²) in [6.45, 7) is 0. The molecule has 0 aliphatic carbocycles. The molecule has 2 heterocycles. The highest BCUT2D eigenvalue weighted by Crippen LogP contribution is 2.15. The highest BCUT2D eigenvalue weighted by atomic mass is 32.1. The van der Waals surface area contributed by atoms with E-state index >= 15 is 0 Å². The standard InChI is InChI=1S/C18H16FN3OS/c1-20-16-9-4-7-14(18(19)22-16)6-2-3-10-17-21-12-5-8-15(23)11-13-24-17/h3-5,8-13,23H,7H2,1H3,(H,20,22)/b10-3+,12-5?,13-11?,15-8?,21-17?. The molecule has 1 aromatic rings. The fourth-order valence-corrected chi connectivity index (χ4v) is 2.28. The summed E-state index contributed by atoms with van der Waals surface area (Å²) in [7, 11) is 1.68. The minimum absolute atomic E-state index is 0.157. The fraction of sp³-hybridized carbons (Fsp3) is 0.111. The van der Waals surface area contributed by atoms with Crippen molar-refractivity contribution in [2.24, 2.45) is 4.99 Å². The van der Waals surface area contributed by atoms with Gasteiger partial charge in [0.2, 0.25) is 5.95 Å². The molecule has 6 heteroatoms. The molecular weight excluding hydrogens is 325 g/mol. The van der Waals surface area contributed by atoms with Gasteiger partial charge in [0.15, 0.2) is 0 Å². The van der Waals surface area contributed by atoms with Crippen molar-refractivity contribution in [3.63, 3.8) is 0 Å². The molecule has 0 amide bonds. The Morgan fingerprint density at radius 1 is 1.42 bits per heavy atom. The molecule has 2 N–H and O–H groups in total. The maximum absolute atomic E-state index is 13.9. The number of likely N-dealkylation sites (N-methyl/N-ethyl adjacent to an activating group) is 1. The van der Waals surface area contributed by atoms with Gasteiger partial charge < -0.3 is 10.4 Å². The van der Waals surface area contributed by atoms with Gasteiger partial charge in [0.1, 0.15) is 16.6 Å². The number of aliphatic imine (C=N–C) groups is 1. The van der Waals surface area contributed by atoms with E-state index in [1.54, 1.807) is 55.1 Å². The maximum Gasteiger partial charge on any atom is 0.226 e. The van der Waals surface area contributed by atoms with Gasteiger partial charge >= 0.3 is 0 Å². The van der Waals surface area contributed by atoms with E-state index in [0.29, 0.717) is 22.8 Å². The molecule has 122 valence electrons. The molecule has 0 bridgehead atoms. The Bertz CT molecular complexity index is 824. The van der Waals surface area contributed by atoms with Crippen LogP contribution in [0.3, 0.4) is 0 Å². The molecule has 0 aromatic carbocycles. The van der Waals surface area contributed by atoms with Gasteiger partial charge in [0, 0.05) is 19.7 Å². The van der Waals surface area contributed by atoms with Crippen LogP contribution in [0.5, 0.6) is 5.75 Å². The van der Waals surface area contributed by atoms with E-state index in [0.717, 1.165) is 0 Å². The zero-order valence-corrected chi connectivity index (χ0v) is 13.8. The quantitative estimate of drug-likeness (QED) is 0.604. The predicted octanol–water partition coefficient (Wildman–Crippen LogP) is 3.75. The third kappa shape index (κ3) is 5.71. The zero-order chi connectivity index (χ0) is 17.2. The third-order valence-corrected chi connectivity index (χ3v) is 3.59. The molecule has 1 aliphatic rings. The van der Waals surface area contributed by atoms with Gasteiger partial charge in [-0.25, -0.2) is 9.98 Å². The Labute approximate surface area is 144 Å². The van der Waals surface area contributed by atoms with Crippen LogP contribution in [0.4, 0.5) is 4.39 Å². The van der Waals surface area contributed by atoms with E-state index < -0.39 is 5.95 Å². The second-order valence-corrected chi connectivity index (χ2v) is 5.47. The Morgan fingerprint density at radius 2 is 2.29 bits per heavy atom. The van der Waals surface area contributed by atoms with E-state index in [4.69, 9.17) is 0 Å². The lowest BCUT2D eigenvalue weighted by Crippen LogP contribution is -2.14. The highest BCUT2D eigenvalue weighted by Gasteiger charge is 2.06. The van der Waals surface area contributed by atoms with Gasteiger partial charge in [-0.3, -0.25) is 0 Å². The summed E-state index contributed by atoms with van der Waals surface area (Å²) >= 11 is 1.34. The largest absolute Gasteiger partial charge is 0.508 e. The first-order valence-electron chi connectivity index (χ1n) is 7.15. The lowest BCUT2D eigenvalue weighted by Gasteiger charge is -1.95. The number of allylic oxidation sites excluding steroid dienone is 3. The molecule has 0 fully saturated rings. The van der Waals surface area contributed by atoms with Crippen molar-refractivity contribution in [2.45, 2.75) is 6.42 Å². The van der Waals surface area contributed by atoms with Gasteiger partial charge in [-0.2, -0.15) is 4.39 Å². The molecule has 0 unspecified atom stereocenters. The monoisotopic (exact) mass is 341 g/mol. The number of aromatic nitrogens is 1. The number of nitrogens with one attached hydrogen (secondary N) is 1. The molecule has 1 aliphatic heterocycles. The van der Waals surface area contributed by atoms with Gasteiger partial charge in [0.25, 0.3) is 0 Å². The van der Waals surface area contributed by atoms with Crippen LogP contribution < -0.4 is 5.32 Å². The molecular formula is C18H16FN3OS. The van der Waals surface area contributed by atoms with E-state index in [1.165, 1.54) is 11.3 Å². The van der Waals surface area contributed by atoms with Crippen molar-refractivity contribution in [1.82, 2.24) is 10.3 Å². The van der Waals surface area contributed by atoms with Gasteiger partial charge in [0.05, 0.1) is 5.57 Å². The lowest BCUT2D eigenvalue weighted by molar-refractivity contribution is 0.476. The molecule has 0 radical (unpaired) electrons. The van der Waals surface area contributed by atoms with E-state index in [2.05, 4.69) is 27.1 Å². The number of hydrogen-bond donors (Lipinski definition) is 2. The smallest absolute Gasteiger partial charge is 0.226 e. The Morgan fingerprint density at radius 3 is 3.12 bits per heavy atom. The third-order valence-electron chi connectivity index (χ3n) is 2.84. The van der Waals surface area contributed by atoms with Crippen molar-refractivity contribution in [3.8, 4) is 17.6 Å². The van der Waals surface area contributed by atoms with E-state index in [9.17, 15) is 9.50 Å². The van der Waals surface area contributed by atoms with Crippen LogP contribution >= 0.6 is 11.3 Å². The molecule has 0 atom stereocenters. The van der Waals surface area contributed by atoms with Crippen molar-refractivity contribution in [3.05, 3.63) is 64.5 Å². The SMILES string of the molecule is CNC1=NC(F)=C(C#C/C=C/c2ncccc(O)ccs2)CC=C1. The average molecular weight is 341 g/mol. The van der Waals surface area contributed by atoms with Crippen molar-refractivity contribution in [1.29, 1.82) is 0 Å². The number of halogens is 1. The molecule has 4 nitrogen and oxygen atoms in total. The molecule has 24 heavy (non-hydrogen) atoms. The number of hydrogen-bond acceptors (Lipinski definition) is 5. The fourth-order valence-electron chi connectivity index (χ4n) is 1.67.